The van der Waals surface area contributed by atoms with Crippen LogP contribution in [-0.4, -0.2) is 50.9 Å². The van der Waals surface area contributed by atoms with Gasteiger partial charge < -0.3 is 9.80 Å². The van der Waals surface area contributed by atoms with Gasteiger partial charge in [0.2, 0.25) is 0 Å². The van der Waals surface area contributed by atoms with Crippen LogP contribution in [0, 0.1) is 0 Å². The van der Waals surface area contributed by atoms with Gasteiger partial charge in [0.1, 0.15) is 12.1 Å². The van der Waals surface area contributed by atoms with Crippen molar-refractivity contribution in [2.75, 3.05) is 36.0 Å². The highest BCUT2D eigenvalue weighted by Gasteiger charge is 2.20. The molecule has 1 aliphatic rings. The number of anilines is 2. The normalized spacial score (nSPS) is 15.0. The smallest absolute Gasteiger partial charge is 0.268 e. The summed E-state index contributed by atoms with van der Waals surface area (Å²) in [4.78, 5) is 29.0. The molecule has 0 atom stereocenters. The number of piperazine rings is 1. The van der Waals surface area contributed by atoms with Gasteiger partial charge in [-0.1, -0.05) is 0 Å². The molecule has 0 unspecified atom stereocenters. The van der Waals surface area contributed by atoms with E-state index in [-0.39, 0.29) is 5.56 Å². The van der Waals surface area contributed by atoms with Crippen LogP contribution in [0.4, 0.5) is 11.5 Å². The summed E-state index contributed by atoms with van der Waals surface area (Å²) in [5, 5.41) is 5.10. The first kappa shape index (κ1) is 14.6. The largest absolute Gasteiger partial charge is 0.367 e. The molecule has 0 aliphatic carbocycles. The molecule has 1 saturated heterocycles. The molecule has 1 aliphatic heterocycles. The minimum absolute atomic E-state index is 0.0933. The SMILES string of the molecule is Cn1ncc(N2CCN(c3ncnc4cnccc34)CC2)cc1=O. The van der Waals surface area contributed by atoms with Gasteiger partial charge in [-0.05, 0) is 6.07 Å². The van der Waals surface area contributed by atoms with E-state index in [2.05, 4.69) is 29.9 Å². The van der Waals surface area contributed by atoms with Crippen LogP contribution in [0.5, 0.6) is 0 Å². The van der Waals surface area contributed by atoms with E-state index in [1.807, 2.05) is 6.07 Å². The van der Waals surface area contributed by atoms with Crippen molar-refractivity contribution in [3.05, 3.63) is 47.4 Å². The van der Waals surface area contributed by atoms with Gasteiger partial charge >= 0.3 is 0 Å². The lowest BCUT2D eigenvalue weighted by molar-refractivity contribution is 0.639. The number of pyridine rings is 1. The van der Waals surface area contributed by atoms with Crippen LogP contribution in [0.2, 0.25) is 0 Å². The molecule has 3 aromatic heterocycles. The lowest BCUT2D eigenvalue weighted by Crippen LogP contribution is -2.47. The van der Waals surface area contributed by atoms with Crippen molar-refractivity contribution in [2.24, 2.45) is 7.05 Å². The maximum Gasteiger partial charge on any atom is 0.268 e. The van der Waals surface area contributed by atoms with E-state index in [0.29, 0.717) is 0 Å². The van der Waals surface area contributed by atoms with Crippen molar-refractivity contribution >= 4 is 22.4 Å². The van der Waals surface area contributed by atoms with Gasteiger partial charge in [-0.2, -0.15) is 5.10 Å². The van der Waals surface area contributed by atoms with E-state index in [1.165, 1.54) is 4.68 Å². The average Bonchev–Trinajstić information content (AvgIpc) is 2.64. The fourth-order valence-corrected chi connectivity index (χ4v) is 2.95. The third kappa shape index (κ3) is 2.55. The number of aryl methyl sites for hydroxylation is 1. The molecule has 4 heterocycles. The first-order valence-corrected chi connectivity index (χ1v) is 7.80. The Morgan fingerprint density at radius 2 is 1.83 bits per heavy atom. The number of rotatable bonds is 2. The van der Waals surface area contributed by atoms with Crippen LogP contribution in [0.15, 0.2) is 41.8 Å². The number of hydrogen-bond acceptors (Lipinski definition) is 7. The van der Waals surface area contributed by atoms with Gasteiger partial charge in [0.25, 0.3) is 5.56 Å². The van der Waals surface area contributed by atoms with Crippen LogP contribution in [0.25, 0.3) is 10.9 Å². The zero-order valence-electron chi connectivity index (χ0n) is 13.3. The third-order valence-electron chi connectivity index (χ3n) is 4.32. The fourth-order valence-electron chi connectivity index (χ4n) is 2.95. The van der Waals surface area contributed by atoms with Crippen molar-refractivity contribution in [3.63, 3.8) is 0 Å². The van der Waals surface area contributed by atoms with E-state index in [1.54, 1.807) is 38.0 Å². The molecule has 3 aromatic rings. The molecular weight excluding hydrogens is 306 g/mol. The van der Waals surface area contributed by atoms with Crippen LogP contribution in [0.1, 0.15) is 0 Å². The van der Waals surface area contributed by atoms with Crippen LogP contribution < -0.4 is 15.4 Å². The van der Waals surface area contributed by atoms with Gasteiger partial charge in [-0.25, -0.2) is 14.6 Å². The van der Waals surface area contributed by atoms with Crippen molar-refractivity contribution < 1.29 is 0 Å². The Bertz CT molecular complexity index is 926. The summed E-state index contributed by atoms with van der Waals surface area (Å²) >= 11 is 0. The minimum atomic E-state index is -0.0933. The minimum Gasteiger partial charge on any atom is -0.367 e. The lowest BCUT2D eigenvalue weighted by atomic mass is 10.2. The monoisotopic (exact) mass is 323 g/mol. The summed E-state index contributed by atoms with van der Waals surface area (Å²) < 4.78 is 1.33. The Labute approximate surface area is 138 Å². The highest BCUT2D eigenvalue weighted by molar-refractivity contribution is 5.88. The molecule has 4 rings (SSSR count). The predicted molar refractivity (Wildman–Crippen MR) is 91.2 cm³/mol. The van der Waals surface area contributed by atoms with E-state index in [0.717, 1.165) is 48.6 Å². The second-order valence-electron chi connectivity index (χ2n) is 5.74. The summed E-state index contributed by atoms with van der Waals surface area (Å²) in [7, 11) is 1.65. The average molecular weight is 323 g/mol. The zero-order valence-corrected chi connectivity index (χ0v) is 13.3. The molecule has 24 heavy (non-hydrogen) atoms. The third-order valence-corrected chi connectivity index (χ3v) is 4.32. The topological polar surface area (TPSA) is 80.0 Å². The molecule has 122 valence electrons. The molecule has 1 fully saturated rings. The Kier molecular flexibility index (Phi) is 3.56. The molecule has 8 nitrogen and oxygen atoms in total. The summed E-state index contributed by atoms with van der Waals surface area (Å²) in [5.74, 6) is 0.934. The Balaban J connectivity index is 1.55. The number of aromatic nitrogens is 5. The van der Waals surface area contributed by atoms with E-state index in [9.17, 15) is 4.79 Å². The Morgan fingerprint density at radius 1 is 1.04 bits per heavy atom. The van der Waals surface area contributed by atoms with Gasteiger partial charge in [0.05, 0.1) is 23.6 Å². The second kappa shape index (κ2) is 5.88. The first-order valence-electron chi connectivity index (χ1n) is 7.80. The summed E-state index contributed by atoms with van der Waals surface area (Å²) in [5.41, 5.74) is 1.62. The summed E-state index contributed by atoms with van der Waals surface area (Å²) in [6, 6.07) is 3.58. The van der Waals surface area contributed by atoms with Crippen LogP contribution >= 0.6 is 0 Å². The standard InChI is InChI=1S/C16H17N7O/c1-21-15(24)8-12(9-20-21)22-4-6-23(7-5-22)16-13-2-3-17-10-14(13)18-11-19-16/h2-3,8-11H,4-7H2,1H3. The molecule has 0 saturated carbocycles. The maximum atomic E-state index is 11.8. The molecule has 0 bridgehead atoms. The molecule has 0 aromatic carbocycles. The quantitative estimate of drug-likeness (QED) is 0.677. The number of fused-ring (bicyclic) bond motifs is 1. The van der Waals surface area contributed by atoms with Gasteiger partial charge in [-0.3, -0.25) is 9.78 Å². The molecule has 0 spiro atoms. The van der Waals surface area contributed by atoms with Crippen molar-refractivity contribution in [1.82, 2.24) is 24.7 Å². The van der Waals surface area contributed by atoms with Gasteiger partial charge in [-0.15, -0.1) is 0 Å². The van der Waals surface area contributed by atoms with E-state index >= 15 is 0 Å². The Hall–Kier alpha value is -3.03. The fraction of sp³-hybridized carbons (Fsp3) is 0.312. The molecule has 0 amide bonds. The van der Waals surface area contributed by atoms with Gasteiger partial charge in [0.15, 0.2) is 0 Å². The highest BCUT2D eigenvalue weighted by Crippen LogP contribution is 2.23. The summed E-state index contributed by atoms with van der Waals surface area (Å²) in [6.07, 6.45) is 6.83. The molecule has 0 radical (unpaired) electrons. The first-order chi connectivity index (χ1) is 11.7. The maximum absolute atomic E-state index is 11.8. The predicted octanol–water partition coefficient (Wildman–Crippen LogP) is 0.445. The zero-order chi connectivity index (χ0) is 16.5. The van der Waals surface area contributed by atoms with Crippen LogP contribution in [-0.2, 0) is 7.05 Å². The number of nitrogens with zero attached hydrogens (tertiary/aromatic N) is 7. The van der Waals surface area contributed by atoms with Crippen LogP contribution in [0.3, 0.4) is 0 Å². The second-order valence-corrected chi connectivity index (χ2v) is 5.74. The van der Waals surface area contributed by atoms with Gasteiger partial charge in [0, 0.05) is 50.9 Å². The van der Waals surface area contributed by atoms with Crippen molar-refractivity contribution in [2.45, 2.75) is 0 Å². The Morgan fingerprint density at radius 3 is 2.62 bits per heavy atom. The highest BCUT2D eigenvalue weighted by atomic mass is 16.1. The molecular formula is C16H17N7O. The van der Waals surface area contributed by atoms with Crippen molar-refractivity contribution in [1.29, 1.82) is 0 Å². The molecule has 8 heteroatoms. The number of hydrogen-bond donors (Lipinski definition) is 0. The van der Waals surface area contributed by atoms with E-state index < -0.39 is 0 Å². The van der Waals surface area contributed by atoms with Crippen molar-refractivity contribution in [3.8, 4) is 0 Å². The van der Waals surface area contributed by atoms with E-state index in [4.69, 9.17) is 0 Å². The summed E-state index contributed by atoms with van der Waals surface area (Å²) in [6.45, 7) is 3.27. The lowest BCUT2D eigenvalue weighted by Gasteiger charge is -2.36. The molecule has 0 N–H and O–H groups in total.